The molecule has 148 valence electrons. The first-order chi connectivity index (χ1) is 13.1. The maximum absolute atomic E-state index is 13.1. The minimum absolute atomic E-state index is 0.0237. The molecule has 2 fully saturated rings. The Balaban J connectivity index is 1.66. The van der Waals surface area contributed by atoms with Crippen LogP contribution in [-0.2, 0) is 0 Å². The molecule has 1 aromatic rings. The first-order valence-electron chi connectivity index (χ1n) is 10.3. The highest BCUT2D eigenvalue weighted by Crippen LogP contribution is 2.36. The quantitative estimate of drug-likeness (QED) is 0.689. The van der Waals surface area contributed by atoms with E-state index in [-0.39, 0.29) is 11.9 Å². The number of nitrogens with zero attached hydrogens (tertiary/aromatic N) is 1. The number of nitrogens with one attached hydrogen (secondary N) is 2. The first kappa shape index (κ1) is 20.0. The summed E-state index contributed by atoms with van der Waals surface area (Å²) in [4.78, 5) is 27.0. The lowest BCUT2D eigenvalue weighted by atomic mass is 9.78. The van der Waals surface area contributed by atoms with Crippen molar-refractivity contribution < 1.29 is 9.59 Å². The van der Waals surface area contributed by atoms with Gasteiger partial charge in [0.25, 0.3) is 5.91 Å². The van der Waals surface area contributed by atoms with E-state index in [0.29, 0.717) is 34.8 Å². The normalized spacial score (nSPS) is 22.1. The van der Waals surface area contributed by atoms with Crippen molar-refractivity contribution in [1.82, 2.24) is 10.2 Å². The molecule has 3 rings (SSSR count). The van der Waals surface area contributed by atoms with Crippen LogP contribution in [0.25, 0.3) is 0 Å². The van der Waals surface area contributed by atoms with Gasteiger partial charge in [0.15, 0.2) is 0 Å². The van der Waals surface area contributed by atoms with E-state index in [2.05, 4.69) is 17.6 Å². The average molecular weight is 392 g/mol. The molecule has 6 heteroatoms. The van der Waals surface area contributed by atoms with Crippen LogP contribution in [0.2, 0.25) is 5.02 Å². The predicted molar refractivity (Wildman–Crippen MR) is 109 cm³/mol. The Morgan fingerprint density at radius 2 is 1.96 bits per heavy atom. The summed E-state index contributed by atoms with van der Waals surface area (Å²) in [6.07, 6.45) is 9.10. The van der Waals surface area contributed by atoms with E-state index in [4.69, 9.17) is 11.6 Å². The predicted octanol–water partition coefficient (Wildman–Crippen LogP) is 5.06. The van der Waals surface area contributed by atoms with Gasteiger partial charge in [-0.1, -0.05) is 37.8 Å². The first-order valence-corrected chi connectivity index (χ1v) is 10.6. The number of fused-ring (bicyclic) bond motifs is 1. The van der Waals surface area contributed by atoms with Crippen LogP contribution in [0.1, 0.15) is 68.6 Å². The molecule has 1 saturated carbocycles. The molecule has 1 heterocycles. The lowest BCUT2D eigenvalue weighted by molar-refractivity contribution is 0.0391. The van der Waals surface area contributed by atoms with E-state index in [1.165, 1.54) is 25.7 Å². The fraction of sp³-hybridized carbons (Fsp3) is 0.619. The number of unbranched alkanes of at least 4 members (excludes halogenated alkanes) is 1. The van der Waals surface area contributed by atoms with E-state index < -0.39 is 0 Å². The fourth-order valence-corrected chi connectivity index (χ4v) is 4.61. The third-order valence-electron chi connectivity index (χ3n) is 5.78. The standard InChI is InChI=1S/C21H30ClN3O2/c1-2-3-12-23-21(27)24-16-10-11-17(18(22)14-16)20(26)25-13-6-8-15-7-4-5-9-19(15)25/h10-11,14-15,19H,2-9,12-13H2,1H3,(H2,23,24,27)/t15-,19-/m1/s1. The molecule has 1 aliphatic heterocycles. The molecule has 2 aliphatic rings. The molecule has 1 saturated heterocycles. The molecule has 2 N–H and O–H groups in total. The lowest BCUT2D eigenvalue weighted by Crippen LogP contribution is -2.49. The summed E-state index contributed by atoms with van der Waals surface area (Å²) in [6.45, 7) is 3.53. The lowest BCUT2D eigenvalue weighted by Gasteiger charge is -2.44. The summed E-state index contributed by atoms with van der Waals surface area (Å²) in [7, 11) is 0. The summed E-state index contributed by atoms with van der Waals surface area (Å²) >= 11 is 6.41. The zero-order valence-electron chi connectivity index (χ0n) is 16.1. The number of hydrogen-bond acceptors (Lipinski definition) is 2. The van der Waals surface area contributed by atoms with E-state index in [9.17, 15) is 9.59 Å². The Morgan fingerprint density at radius 1 is 1.19 bits per heavy atom. The average Bonchev–Trinajstić information content (AvgIpc) is 2.67. The van der Waals surface area contributed by atoms with E-state index in [1.807, 2.05) is 4.90 Å². The molecule has 27 heavy (non-hydrogen) atoms. The van der Waals surface area contributed by atoms with Gasteiger partial charge in [-0.05, 0) is 56.2 Å². The molecule has 0 radical (unpaired) electrons. The van der Waals surface area contributed by atoms with Gasteiger partial charge >= 0.3 is 6.03 Å². The van der Waals surface area contributed by atoms with Gasteiger partial charge in [-0.3, -0.25) is 4.79 Å². The van der Waals surface area contributed by atoms with Crippen molar-refractivity contribution in [2.45, 2.75) is 64.3 Å². The van der Waals surface area contributed by atoms with Crippen LogP contribution in [-0.4, -0.2) is 36.0 Å². The molecule has 0 aromatic heterocycles. The molecule has 1 aliphatic carbocycles. The number of piperidine rings is 1. The minimum atomic E-state index is -0.250. The van der Waals surface area contributed by atoms with Gasteiger partial charge in [-0.25, -0.2) is 4.79 Å². The monoisotopic (exact) mass is 391 g/mol. The molecule has 0 unspecified atom stereocenters. The zero-order chi connectivity index (χ0) is 19.2. The van der Waals surface area contributed by atoms with Crippen LogP contribution < -0.4 is 10.6 Å². The Hall–Kier alpha value is -1.75. The van der Waals surface area contributed by atoms with Gasteiger partial charge in [0, 0.05) is 24.8 Å². The number of amides is 3. The van der Waals surface area contributed by atoms with Crippen LogP contribution >= 0.6 is 11.6 Å². The topological polar surface area (TPSA) is 61.4 Å². The molecule has 1 aromatic carbocycles. The van der Waals surface area contributed by atoms with Crippen LogP contribution in [0.15, 0.2) is 18.2 Å². The number of hydrogen-bond donors (Lipinski definition) is 2. The van der Waals surface area contributed by atoms with Crippen molar-refractivity contribution in [3.05, 3.63) is 28.8 Å². The summed E-state index contributed by atoms with van der Waals surface area (Å²) in [5.41, 5.74) is 1.12. The molecule has 3 amide bonds. The highest BCUT2D eigenvalue weighted by molar-refractivity contribution is 6.34. The van der Waals surface area contributed by atoms with E-state index in [1.54, 1.807) is 18.2 Å². The molecule has 2 atom stereocenters. The van der Waals surface area contributed by atoms with Gasteiger partial charge in [-0.2, -0.15) is 0 Å². The molecular weight excluding hydrogens is 362 g/mol. The van der Waals surface area contributed by atoms with Crippen LogP contribution in [0.3, 0.4) is 0 Å². The van der Waals surface area contributed by atoms with Gasteiger partial charge < -0.3 is 15.5 Å². The number of urea groups is 1. The van der Waals surface area contributed by atoms with Crippen LogP contribution in [0.5, 0.6) is 0 Å². The van der Waals surface area contributed by atoms with Crippen LogP contribution in [0, 0.1) is 5.92 Å². The maximum atomic E-state index is 13.1. The number of anilines is 1. The van der Waals surface area contributed by atoms with Gasteiger partial charge in [-0.15, -0.1) is 0 Å². The summed E-state index contributed by atoms with van der Waals surface area (Å²) in [5, 5.41) is 5.97. The van der Waals surface area contributed by atoms with Gasteiger partial charge in [0.2, 0.25) is 0 Å². The van der Waals surface area contributed by atoms with Crippen molar-refractivity contribution in [2.24, 2.45) is 5.92 Å². The Labute approximate surface area is 166 Å². The third kappa shape index (κ3) is 4.95. The van der Waals surface area contributed by atoms with E-state index >= 15 is 0 Å². The SMILES string of the molecule is CCCCNC(=O)Nc1ccc(C(=O)N2CCC[C@H]3CCCC[C@H]32)c(Cl)c1. The second-order valence-corrected chi connectivity index (χ2v) is 8.09. The van der Waals surface area contributed by atoms with Crippen molar-refractivity contribution in [3.8, 4) is 0 Å². The minimum Gasteiger partial charge on any atom is -0.338 e. The highest BCUT2D eigenvalue weighted by atomic mass is 35.5. The summed E-state index contributed by atoms with van der Waals surface area (Å²) in [5.74, 6) is 0.665. The highest BCUT2D eigenvalue weighted by Gasteiger charge is 2.36. The number of carbonyl (C=O) groups is 2. The second kappa shape index (κ2) is 9.45. The second-order valence-electron chi connectivity index (χ2n) is 7.68. The largest absolute Gasteiger partial charge is 0.338 e. The van der Waals surface area contributed by atoms with Crippen molar-refractivity contribution >= 4 is 29.2 Å². The number of likely N-dealkylation sites (tertiary alicyclic amines) is 1. The number of halogens is 1. The smallest absolute Gasteiger partial charge is 0.319 e. The Kier molecular flexibility index (Phi) is 7.00. The number of carbonyl (C=O) groups excluding carboxylic acids is 2. The van der Waals surface area contributed by atoms with Gasteiger partial charge in [0.1, 0.15) is 0 Å². The maximum Gasteiger partial charge on any atom is 0.319 e. The third-order valence-corrected chi connectivity index (χ3v) is 6.09. The van der Waals surface area contributed by atoms with Crippen molar-refractivity contribution in [1.29, 1.82) is 0 Å². The Bertz CT molecular complexity index is 677. The number of rotatable bonds is 5. The summed E-state index contributed by atoms with van der Waals surface area (Å²) in [6, 6.07) is 5.26. The van der Waals surface area contributed by atoms with E-state index in [0.717, 1.165) is 32.2 Å². The fourth-order valence-electron chi connectivity index (χ4n) is 4.35. The molecule has 0 spiro atoms. The van der Waals surface area contributed by atoms with Crippen LogP contribution in [0.4, 0.5) is 10.5 Å². The van der Waals surface area contributed by atoms with Crippen molar-refractivity contribution in [2.75, 3.05) is 18.4 Å². The molecule has 0 bridgehead atoms. The Morgan fingerprint density at radius 3 is 2.74 bits per heavy atom. The zero-order valence-corrected chi connectivity index (χ0v) is 16.9. The molecular formula is C21H30ClN3O2. The van der Waals surface area contributed by atoms with Gasteiger partial charge in [0.05, 0.1) is 10.6 Å². The summed E-state index contributed by atoms with van der Waals surface area (Å²) < 4.78 is 0. The number of benzene rings is 1. The molecule has 5 nitrogen and oxygen atoms in total. The van der Waals surface area contributed by atoms with Crippen molar-refractivity contribution in [3.63, 3.8) is 0 Å².